The fraction of sp³-hybridized carbons (Fsp3) is 0.917. The Hall–Kier alpha value is -0.570. The van der Waals surface area contributed by atoms with E-state index >= 15 is 0 Å². The van der Waals surface area contributed by atoms with Crippen LogP contribution in [-0.4, -0.2) is 35.1 Å². The van der Waals surface area contributed by atoms with Crippen LogP contribution in [0.2, 0.25) is 0 Å². The highest BCUT2D eigenvalue weighted by Gasteiger charge is 2.42. The fourth-order valence-corrected chi connectivity index (χ4v) is 2.16. The largest absolute Gasteiger partial charge is 0.481 e. The van der Waals surface area contributed by atoms with Gasteiger partial charge in [-0.05, 0) is 32.2 Å². The van der Waals surface area contributed by atoms with Crippen LogP contribution in [0.5, 0.6) is 0 Å². The van der Waals surface area contributed by atoms with Crippen LogP contribution >= 0.6 is 0 Å². The maximum Gasteiger partial charge on any atom is 0.308 e. The van der Waals surface area contributed by atoms with Gasteiger partial charge in [0.05, 0.1) is 5.92 Å². The average Bonchev–Trinajstić information content (AvgIpc) is 1.97. The molecule has 0 saturated heterocycles. The Balaban J connectivity index is 2.61. The standard InChI is InChI=1S/C12H23NO2/c1-8(12(2,3)4)13(5)10-7-6-9(10)11(14)15/h8-10H,6-7H2,1-5H3,(H,14,15). The molecule has 1 aliphatic carbocycles. The van der Waals surface area contributed by atoms with Crippen LogP contribution in [0, 0.1) is 11.3 Å². The van der Waals surface area contributed by atoms with Gasteiger partial charge in [-0.2, -0.15) is 0 Å². The summed E-state index contributed by atoms with van der Waals surface area (Å²) >= 11 is 0. The van der Waals surface area contributed by atoms with E-state index in [0.29, 0.717) is 6.04 Å². The van der Waals surface area contributed by atoms with Crippen molar-refractivity contribution in [2.45, 2.75) is 52.6 Å². The Bertz CT molecular complexity index is 244. The van der Waals surface area contributed by atoms with Crippen molar-refractivity contribution in [3.8, 4) is 0 Å². The highest BCUT2D eigenvalue weighted by molar-refractivity contribution is 5.72. The molecule has 88 valence electrons. The van der Waals surface area contributed by atoms with Crippen LogP contribution in [0.25, 0.3) is 0 Å². The van der Waals surface area contributed by atoms with E-state index < -0.39 is 5.97 Å². The molecule has 1 aliphatic rings. The molecule has 1 rings (SSSR count). The lowest BCUT2D eigenvalue weighted by atomic mass is 9.76. The van der Waals surface area contributed by atoms with E-state index in [1.165, 1.54) is 0 Å². The number of hydrogen-bond acceptors (Lipinski definition) is 2. The summed E-state index contributed by atoms with van der Waals surface area (Å²) in [6.45, 7) is 8.77. The van der Waals surface area contributed by atoms with Crippen molar-refractivity contribution in [1.29, 1.82) is 0 Å². The summed E-state index contributed by atoms with van der Waals surface area (Å²) in [6, 6.07) is 0.640. The quantitative estimate of drug-likeness (QED) is 0.781. The van der Waals surface area contributed by atoms with Crippen molar-refractivity contribution in [2.24, 2.45) is 11.3 Å². The second-order valence-corrected chi connectivity index (χ2v) is 5.80. The Morgan fingerprint density at radius 3 is 2.20 bits per heavy atom. The van der Waals surface area contributed by atoms with Crippen molar-refractivity contribution < 1.29 is 9.90 Å². The predicted octanol–water partition coefficient (Wildman–Crippen LogP) is 2.22. The van der Waals surface area contributed by atoms with Crippen molar-refractivity contribution >= 4 is 5.97 Å². The summed E-state index contributed by atoms with van der Waals surface area (Å²) < 4.78 is 0. The minimum Gasteiger partial charge on any atom is -0.481 e. The molecule has 0 aromatic carbocycles. The number of carboxylic acid groups (broad SMARTS) is 1. The summed E-state index contributed by atoms with van der Waals surface area (Å²) in [5, 5.41) is 9.01. The number of nitrogens with zero attached hydrogens (tertiary/aromatic N) is 1. The third-order valence-electron chi connectivity index (χ3n) is 3.94. The van der Waals surface area contributed by atoms with Crippen LogP contribution in [0.4, 0.5) is 0 Å². The fourth-order valence-electron chi connectivity index (χ4n) is 2.16. The lowest BCUT2D eigenvalue weighted by molar-refractivity contribution is -0.149. The van der Waals surface area contributed by atoms with Gasteiger partial charge in [-0.3, -0.25) is 9.69 Å². The van der Waals surface area contributed by atoms with Gasteiger partial charge in [-0.25, -0.2) is 0 Å². The SMILES string of the molecule is CC(N(C)C1CCC1C(=O)O)C(C)(C)C. The zero-order valence-electron chi connectivity index (χ0n) is 10.4. The highest BCUT2D eigenvalue weighted by atomic mass is 16.4. The smallest absolute Gasteiger partial charge is 0.308 e. The Morgan fingerprint density at radius 1 is 1.40 bits per heavy atom. The van der Waals surface area contributed by atoms with E-state index in [-0.39, 0.29) is 17.4 Å². The third kappa shape index (κ3) is 2.51. The molecule has 0 amide bonds. The van der Waals surface area contributed by atoms with Crippen molar-refractivity contribution in [1.82, 2.24) is 4.90 Å². The zero-order chi connectivity index (χ0) is 11.8. The summed E-state index contributed by atoms with van der Waals surface area (Å²) in [6.07, 6.45) is 1.86. The van der Waals surface area contributed by atoms with E-state index in [4.69, 9.17) is 5.11 Å². The molecule has 0 aromatic heterocycles. The lowest BCUT2D eigenvalue weighted by Gasteiger charge is -2.46. The molecule has 1 fully saturated rings. The maximum atomic E-state index is 10.9. The monoisotopic (exact) mass is 213 g/mol. The molecule has 0 spiro atoms. The molecule has 0 radical (unpaired) electrons. The van der Waals surface area contributed by atoms with E-state index in [2.05, 4.69) is 39.6 Å². The highest BCUT2D eigenvalue weighted by Crippen LogP contribution is 2.35. The van der Waals surface area contributed by atoms with Gasteiger partial charge in [-0.15, -0.1) is 0 Å². The van der Waals surface area contributed by atoms with E-state index in [1.807, 2.05) is 0 Å². The zero-order valence-corrected chi connectivity index (χ0v) is 10.4. The van der Waals surface area contributed by atoms with Crippen LogP contribution in [0.3, 0.4) is 0 Å². The Labute approximate surface area is 92.5 Å². The second kappa shape index (κ2) is 4.12. The summed E-state index contributed by atoms with van der Waals surface area (Å²) in [4.78, 5) is 13.2. The maximum absolute atomic E-state index is 10.9. The first-order valence-corrected chi connectivity index (χ1v) is 5.70. The first-order valence-electron chi connectivity index (χ1n) is 5.70. The van der Waals surface area contributed by atoms with Crippen LogP contribution in [0.15, 0.2) is 0 Å². The van der Waals surface area contributed by atoms with Crippen LogP contribution in [-0.2, 0) is 4.79 Å². The van der Waals surface area contributed by atoms with Gasteiger partial charge in [0.15, 0.2) is 0 Å². The van der Waals surface area contributed by atoms with Gasteiger partial charge in [0.25, 0.3) is 0 Å². The van der Waals surface area contributed by atoms with Crippen LogP contribution in [0.1, 0.15) is 40.5 Å². The molecular weight excluding hydrogens is 190 g/mol. The van der Waals surface area contributed by atoms with Crippen LogP contribution < -0.4 is 0 Å². The second-order valence-electron chi connectivity index (χ2n) is 5.80. The third-order valence-corrected chi connectivity index (χ3v) is 3.94. The Morgan fingerprint density at radius 2 is 1.93 bits per heavy atom. The molecule has 0 aromatic rings. The van der Waals surface area contributed by atoms with Gasteiger partial charge in [0.2, 0.25) is 0 Å². The summed E-state index contributed by atoms with van der Waals surface area (Å²) in [7, 11) is 2.05. The number of rotatable bonds is 3. The van der Waals surface area contributed by atoms with E-state index in [1.54, 1.807) is 0 Å². The van der Waals surface area contributed by atoms with Gasteiger partial charge in [0.1, 0.15) is 0 Å². The molecule has 0 aliphatic heterocycles. The molecule has 1 saturated carbocycles. The van der Waals surface area contributed by atoms with E-state index in [0.717, 1.165) is 12.8 Å². The molecule has 3 atom stereocenters. The van der Waals surface area contributed by atoms with Gasteiger partial charge in [0, 0.05) is 12.1 Å². The molecule has 1 N–H and O–H groups in total. The molecule has 3 nitrogen and oxygen atoms in total. The molecular formula is C12H23NO2. The predicted molar refractivity (Wildman–Crippen MR) is 60.8 cm³/mol. The van der Waals surface area contributed by atoms with Crippen molar-refractivity contribution in [3.63, 3.8) is 0 Å². The van der Waals surface area contributed by atoms with E-state index in [9.17, 15) is 4.79 Å². The van der Waals surface area contributed by atoms with Gasteiger partial charge >= 0.3 is 5.97 Å². The molecule has 3 unspecified atom stereocenters. The first-order chi connectivity index (χ1) is 6.75. The minimum atomic E-state index is -0.640. The minimum absolute atomic E-state index is 0.153. The Kier molecular flexibility index (Phi) is 3.44. The number of carboxylic acids is 1. The lowest BCUT2D eigenvalue weighted by Crippen LogP contribution is -2.54. The number of aliphatic carboxylic acids is 1. The number of hydrogen-bond donors (Lipinski definition) is 1. The van der Waals surface area contributed by atoms with Crippen molar-refractivity contribution in [3.05, 3.63) is 0 Å². The first kappa shape index (κ1) is 12.5. The molecule has 0 bridgehead atoms. The summed E-state index contributed by atoms with van der Waals surface area (Å²) in [5.41, 5.74) is 0.202. The average molecular weight is 213 g/mol. The molecule has 3 heteroatoms. The topological polar surface area (TPSA) is 40.5 Å². The van der Waals surface area contributed by atoms with Gasteiger partial charge in [-0.1, -0.05) is 20.8 Å². The molecule has 15 heavy (non-hydrogen) atoms. The van der Waals surface area contributed by atoms with Crippen molar-refractivity contribution in [2.75, 3.05) is 7.05 Å². The molecule has 0 heterocycles. The van der Waals surface area contributed by atoms with Gasteiger partial charge < -0.3 is 5.11 Å². The summed E-state index contributed by atoms with van der Waals surface area (Å²) in [5.74, 6) is -0.793. The normalized spacial score (nSPS) is 28.7. The number of carbonyl (C=O) groups is 1.